The van der Waals surface area contributed by atoms with Gasteiger partial charge >= 0.3 is 0 Å². The first-order valence-corrected chi connectivity index (χ1v) is 25.9. The van der Waals surface area contributed by atoms with E-state index >= 15 is 0 Å². The summed E-state index contributed by atoms with van der Waals surface area (Å²) in [5.41, 5.74) is 4.48. The van der Waals surface area contributed by atoms with Crippen LogP contribution >= 0.6 is 0 Å². The molecule has 2 aromatic carbocycles. The zero-order valence-electron chi connectivity index (χ0n) is 41.9. The van der Waals surface area contributed by atoms with Crippen LogP contribution in [0.5, 0.6) is 5.75 Å². The number of fused-ring (bicyclic) bond motifs is 3. The summed E-state index contributed by atoms with van der Waals surface area (Å²) in [6.07, 6.45) is 11.3. The van der Waals surface area contributed by atoms with Gasteiger partial charge < -0.3 is 45.8 Å². The highest BCUT2D eigenvalue weighted by Crippen LogP contribution is 2.55. The molecule has 5 N–H and O–H groups in total. The number of piperidine rings is 1. The summed E-state index contributed by atoms with van der Waals surface area (Å²) in [6, 6.07) is 12.6. The number of aryl methyl sites for hydroxylation is 1. The number of nitrogens with one attached hydrogen (secondary N) is 3. The Kier molecular flexibility index (Phi) is 13.8. The number of piperazine rings is 1. The molecule has 16 nitrogen and oxygen atoms in total. The average molecular weight is 982 g/mol. The van der Waals surface area contributed by atoms with Crippen LogP contribution in [0.1, 0.15) is 101 Å². The van der Waals surface area contributed by atoms with Gasteiger partial charge in [0.2, 0.25) is 23.7 Å². The third-order valence-corrected chi connectivity index (χ3v) is 16.5. The number of likely N-dealkylation sites (tertiary alicyclic amines) is 2. The molecule has 3 saturated heterocycles. The van der Waals surface area contributed by atoms with Gasteiger partial charge in [-0.1, -0.05) is 44.7 Å². The van der Waals surface area contributed by atoms with E-state index in [2.05, 4.69) is 52.7 Å². The molecule has 4 aromatic rings. The van der Waals surface area contributed by atoms with Gasteiger partial charge in [-0.05, 0) is 136 Å². The number of halogens is 1. The van der Waals surface area contributed by atoms with Gasteiger partial charge in [0.05, 0.1) is 30.1 Å². The molecule has 4 aliphatic heterocycles. The molecule has 2 saturated carbocycles. The number of rotatable bonds is 9. The number of anilines is 3. The topological polar surface area (TPSA) is 192 Å². The van der Waals surface area contributed by atoms with Crippen LogP contribution in [0.2, 0.25) is 0 Å². The SMILES string of the molecule is Cc1cc(F)ccc1C#CCNC(=O)[C@@H]1C[C@@H](O)CN1C(=O)[C@@H](NC(=O)C1CCC2(CC1)CC(N1CCC(c3cnc(N4CCN5c6cc(-c7ccccc7O)nnc6NC[C@H]5C4)nc3)CC1)C2)C(C)(C)C. The van der Waals surface area contributed by atoms with Crippen molar-refractivity contribution in [3.8, 4) is 28.8 Å². The van der Waals surface area contributed by atoms with Crippen molar-refractivity contribution in [1.82, 2.24) is 40.6 Å². The van der Waals surface area contributed by atoms with E-state index in [9.17, 15) is 29.0 Å². The molecule has 2 aromatic heterocycles. The quantitative estimate of drug-likeness (QED) is 0.134. The summed E-state index contributed by atoms with van der Waals surface area (Å²) in [7, 11) is 0. The van der Waals surface area contributed by atoms with Gasteiger partial charge in [0.25, 0.3) is 0 Å². The number of carbonyl (C=O) groups excluding carboxylic acids is 3. The van der Waals surface area contributed by atoms with Crippen LogP contribution in [0, 0.1) is 41.3 Å². The van der Waals surface area contributed by atoms with Crippen molar-refractivity contribution in [3.05, 3.63) is 83.4 Å². The van der Waals surface area contributed by atoms with E-state index in [1.54, 1.807) is 25.1 Å². The number of phenols is 1. The lowest BCUT2D eigenvalue weighted by Crippen LogP contribution is -2.59. The van der Waals surface area contributed by atoms with Gasteiger partial charge in [0.1, 0.15) is 23.7 Å². The monoisotopic (exact) mass is 982 g/mol. The Bertz CT molecular complexity index is 2720. The fourth-order valence-corrected chi connectivity index (χ4v) is 12.2. The van der Waals surface area contributed by atoms with Crippen LogP contribution in [-0.2, 0) is 14.4 Å². The summed E-state index contributed by atoms with van der Waals surface area (Å²) in [5.74, 6) is 6.55. The summed E-state index contributed by atoms with van der Waals surface area (Å²) >= 11 is 0. The maximum Gasteiger partial charge on any atom is 0.246 e. The standard InChI is InChI=1S/C55H68FN11O5/c1-34-24-39(56)12-11-35(34)8-7-19-57-51(71)46-25-42(68)33-67(46)52(72)48(54(2,3)4)61-50(70)37-13-17-55(18-14-37)27-40(28-55)64-20-15-36(16-21-64)38-29-59-53(60-30-38)65-22-23-66-41(32-65)31-58-49-45(66)26-44(62-63-49)43-9-5-6-10-47(43)69/h5-6,9-12,24,26,29-30,36-37,40-42,46,48,68-69H,13-23,25,27-28,31-33H2,1-4H3,(H,57,71)(H,58,63)(H,61,70)/t37?,40?,41-,42+,46-,48+,55?/m0/s1. The summed E-state index contributed by atoms with van der Waals surface area (Å²) in [4.78, 5) is 60.1. The van der Waals surface area contributed by atoms with Crippen molar-refractivity contribution in [3.63, 3.8) is 0 Å². The lowest BCUT2D eigenvalue weighted by Gasteiger charge is -2.55. The number of aliphatic hydroxyl groups excluding tert-OH is 1. The summed E-state index contributed by atoms with van der Waals surface area (Å²) in [5, 5.41) is 39.3. The second kappa shape index (κ2) is 20.3. The van der Waals surface area contributed by atoms with Crippen LogP contribution in [0.3, 0.4) is 0 Å². The highest BCUT2D eigenvalue weighted by Gasteiger charge is 2.50. The number of aromatic nitrogens is 4. The Morgan fingerprint density at radius 2 is 1.68 bits per heavy atom. The van der Waals surface area contributed by atoms with E-state index in [1.807, 2.05) is 51.4 Å². The number of benzene rings is 2. The summed E-state index contributed by atoms with van der Waals surface area (Å²) in [6.45, 7) is 12.7. The molecule has 380 valence electrons. The largest absolute Gasteiger partial charge is 0.507 e. The number of aliphatic hydroxyl groups is 1. The van der Waals surface area contributed by atoms with Gasteiger partial charge in [0, 0.05) is 74.6 Å². The molecule has 6 heterocycles. The van der Waals surface area contributed by atoms with Crippen LogP contribution in [-0.4, -0.2) is 141 Å². The van der Waals surface area contributed by atoms with Crippen molar-refractivity contribution in [2.24, 2.45) is 16.7 Å². The lowest BCUT2D eigenvalue weighted by molar-refractivity contribution is -0.145. The zero-order chi connectivity index (χ0) is 50.3. The minimum Gasteiger partial charge on any atom is -0.507 e. The van der Waals surface area contributed by atoms with Crippen LogP contribution in [0.15, 0.2) is 60.9 Å². The summed E-state index contributed by atoms with van der Waals surface area (Å²) < 4.78 is 13.5. The number of aromatic hydroxyl groups is 1. The normalized spacial score (nSPS) is 25.8. The van der Waals surface area contributed by atoms with E-state index in [-0.39, 0.29) is 60.3 Å². The lowest BCUT2D eigenvalue weighted by atomic mass is 9.56. The van der Waals surface area contributed by atoms with E-state index < -0.39 is 29.5 Å². The minimum atomic E-state index is -0.893. The van der Waals surface area contributed by atoms with Crippen molar-refractivity contribution in [2.45, 2.75) is 122 Å². The number of para-hydroxylation sites is 1. The second-order valence-corrected chi connectivity index (χ2v) is 22.3. The third-order valence-electron chi connectivity index (χ3n) is 16.5. The number of amides is 3. The molecule has 0 bridgehead atoms. The average Bonchev–Trinajstić information content (AvgIpc) is 3.77. The maximum atomic E-state index is 14.2. The van der Waals surface area contributed by atoms with E-state index in [1.165, 1.54) is 22.6 Å². The fraction of sp³-hybridized carbons (Fsp3) is 0.545. The molecule has 3 amide bonds. The highest BCUT2D eigenvalue weighted by molar-refractivity contribution is 5.93. The van der Waals surface area contributed by atoms with Crippen LogP contribution < -0.4 is 25.8 Å². The van der Waals surface area contributed by atoms with Gasteiger partial charge in [-0.25, -0.2) is 14.4 Å². The molecule has 4 atom stereocenters. The minimum absolute atomic E-state index is 0.00359. The molecule has 0 unspecified atom stereocenters. The number of carbonyl (C=O) groups is 3. The van der Waals surface area contributed by atoms with Crippen molar-refractivity contribution < 1.29 is 29.0 Å². The van der Waals surface area contributed by atoms with Crippen molar-refractivity contribution in [1.29, 1.82) is 0 Å². The first kappa shape index (κ1) is 49.2. The van der Waals surface area contributed by atoms with Gasteiger partial charge in [-0.2, -0.15) is 0 Å². The number of β-amino-alcohol motifs (C(OH)–C–C–N with tert-alkyl or cyclic N) is 1. The first-order chi connectivity index (χ1) is 34.6. The molecule has 72 heavy (non-hydrogen) atoms. The number of nitrogens with zero attached hydrogens (tertiary/aromatic N) is 8. The maximum absolute atomic E-state index is 14.2. The molecule has 10 rings (SSSR count). The Hall–Kier alpha value is -6.38. The zero-order valence-corrected chi connectivity index (χ0v) is 41.9. The molecule has 5 fully saturated rings. The third kappa shape index (κ3) is 10.3. The van der Waals surface area contributed by atoms with Gasteiger partial charge in [-0.3, -0.25) is 14.4 Å². The Balaban J connectivity index is 0.664. The smallest absolute Gasteiger partial charge is 0.246 e. The Labute approximate surface area is 421 Å². The molecular formula is C55H68FN11O5. The predicted octanol–water partition coefficient (Wildman–Crippen LogP) is 5.39. The van der Waals surface area contributed by atoms with Crippen LogP contribution in [0.25, 0.3) is 11.3 Å². The van der Waals surface area contributed by atoms with E-state index in [0.717, 1.165) is 108 Å². The van der Waals surface area contributed by atoms with Crippen molar-refractivity contribution in [2.75, 3.05) is 67.5 Å². The molecule has 1 spiro atoms. The molecule has 17 heteroatoms. The molecule has 2 aliphatic carbocycles. The molecule has 0 radical (unpaired) electrons. The number of hydrogen-bond acceptors (Lipinski definition) is 13. The van der Waals surface area contributed by atoms with E-state index in [0.29, 0.717) is 34.3 Å². The Morgan fingerprint density at radius 1 is 0.931 bits per heavy atom. The molecular weight excluding hydrogens is 914 g/mol. The molecule has 6 aliphatic rings. The van der Waals surface area contributed by atoms with Gasteiger partial charge in [0.15, 0.2) is 5.82 Å². The number of phenolic OH excluding ortho intramolecular Hbond substituents is 1. The highest BCUT2D eigenvalue weighted by atomic mass is 19.1. The second-order valence-electron chi connectivity index (χ2n) is 22.3. The van der Waals surface area contributed by atoms with Gasteiger partial charge in [-0.15, -0.1) is 10.2 Å². The fourth-order valence-electron chi connectivity index (χ4n) is 12.2. The van der Waals surface area contributed by atoms with E-state index in [4.69, 9.17) is 9.97 Å². The Morgan fingerprint density at radius 3 is 2.40 bits per heavy atom. The number of hydrogen-bond donors (Lipinski definition) is 5. The first-order valence-electron chi connectivity index (χ1n) is 25.9. The van der Waals surface area contributed by atoms with Crippen LogP contribution in [0.4, 0.5) is 21.8 Å². The predicted molar refractivity (Wildman–Crippen MR) is 272 cm³/mol. The van der Waals surface area contributed by atoms with Crippen molar-refractivity contribution >= 4 is 35.2 Å².